The molecular weight excluding hydrogens is 246 g/mol. The SMILES string of the molecule is Nc1c(NCC(C2CC2)C2CC2)ccc2cnccc12. The van der Waals surface area contributed by atoms with Crippen LogP contribution in [-0.4, -0.2) is 11.5 Å². The van der Waals surface area contributed by atoms with Gasteiger partial charge in [-0.05, 0) is 55.6 Å². The van der Waals surface area contributed by atoms with E-state index in [1.807, 2.05) is 12.3 Å². The van der Waals surface area contributed by atoms with Gasteiger partial charge in [-0.2, -0.15) is 0 Å². The van der Waals surface area contributed by atoms with Gasteiger partial charge in [-0.3, -0.25) is 4.98 Å². The van der Waals surface area contributed by atoms with Crippen molar-refractivity contribution >= 4 is 22.1 Å². The number of hydrogen-bond donors (Lipinski definition) is 2. The second-order valence-corrected chi connectivity index (χ2v) is 6.34. The lowest BCUT2D eigenvalue weighted by atomic mass is 9.97. The van der Waals surface area contributed by atoms with Crippen LogP contribution in [0.3, 0.4) is 0 Å². The first kappa shape index (κ1) is 12.0. The summed E-state index contributed by atoms with van der Waals surface area (Å²) in [5.41, 5.74) is 8.23. The molecule has 20 heavy (non-hydrogen) atoms. The van der Waals surface area contributed by atoms with E-state index >= 15 is 0 Å². The largest absolute Gasteiger partial charge is 0.397 e. The number of anilines is 2. The predicted molar refractivity (Wildman–Crippen MR) is 83.6 cm³/mol. The highest BCUT2D eigenvalue weighted by atomic mass is 14.9. The van der Waals surface area contributed by atoms with E-state index in [1.165, 1.54) is 25.7 Å². The molecule has 2 aromatic rings. The molecular formula is C17H21N3. The summed E-state index contributed by atoms with van der Waals surface area (Å²) in [6.45, 7) is 1.08. The van der Waals surface area contributed by atoms with Gasteiger partial charge in [0.05, 0.1) is 11.4 Å². The topological polar surface area (TPSA) is 50.9 Å². The van der Waals surface area contributed by atoms with E-state index in [1.54, 1.807) is 6.20 Å². The minimum Gasteiger partial charge on any atom is -0.397 e. The molecule has 104 valence electrons. The molecule has 0 atom stereocenters. The fourth-order valence-corrected chi connectivity index (χ4v) is 3.34. The molecule has 0 unspecified atom stereocenters. The van der Waals surface area contributed by atoms with Gasteiger partial charge in [0.25, 0.3) is 0 Å². The van der Waals surface area contributed by atoms with Crippen molar-refractivity contribution in [3.8, 4) is 0 Å². The first-order chi connectivity index (χ1) is 9.83. The number of hydrogen-bond acceptors (Lipinski definition) is 3. The van der Waals surface area contributed by atoms with Crippen LogP contribution in [0, 0.1) is 17.8 Å². The van der Waals surface area contributed by atoms with Gasteiger partial charge < -0.3 is 11.1 Å². The number of aromatic nitrogens is 1. The van der Waals surface area contributed by atoms with Gasteiger partial charge in [0.1, 0.15) is 0 Å². The lowest BCUT2D eigenvalue weighted by Crippen LogP contribution is -2.18. The summed E-state index contributed by atoms with van der Waals surface area (Å²) in [7, 11) is 0. The molecule has 3 N–H and O–H groups in total. The van der Waals surface area contributed by atoms with Crippen LogP contribution >= 0.6 is 0 Å². The third kappa shape index (κ3) is 2.21. The molecule has 0 amide bonds. The van der Waals surface area contributed by atoms with E-state index in [0.717, 1.165) is 46.4 Å². The summed E-state index contributed by atoms with van der Waals surface area (Å²) in [6, 6.07) is 6.19. The lowest BCUT2D eigenvalue weighted by molar-refractivity contribution is 0.428. The minimum atomic E-state index is 0.857. The molecule has 0 bridgehead atoms. The zero-order valence-corrected chi connectivity index (χ0v) is 11.7. The summed E-state index contributed by atoms with van der Waals surface area (Å²) >= 11 is 0. The standard InChI is InChI=1S/C17H21N3/c18-17-14-7-8-19-9-13(14)5-6-16(17)20-10-15(11-1-2-11)12-3-4-12/h5-9,11-12,15,20H,1-4,10,18H2. The monoisotopic (exact) mass is 267 g/mol. The maximum Gasteiger partial charge on any atom is 0.0630 e. The Bertz CT molecular complexity index is 617. The van der Waals surface area contributed by atoms with Gasteiger partial charge in [-0.1, -0.05) is 6.07 Å². The van der Waals surface area contributed by atoms with E-state index in [0.29, 0.717) is 0 Å². The van der Waals surface area contributed by atoms with E-state index < -0.39 is 0 Å². The molecule has 0 saturated heterocycles. The first-order valence-electron chi connectivity index (χ1n) is 7.69. The number of pyridine rings is 1. The molecule has 4 rings (SSSR count). The quantitative estimate of drug-likeness (QED) is 0.813. The van der Waals surface area contributed by atoms with Crippen LogP contribution < -0.4 is 11.1 Å². The van der Waals surface area contributed by atoms with Crippen LogP contribution in [0.1, 0.15) is 25.7 Å². The van der Waals surface area contributed by atoms with E-state index in [-0.39, 0.29) is 0 Å². The molecule has 0 spiro atoms. The average molecular weight is 267 g/mol. The van der Waals surface area contributed by atoms with Gasteiger partial charge in [-0.15, -0.1) is 0 Å². The summed E-state index contributed by atoms with van der Waals surface area (Å²) in [6.07, 6.45) is 9.40. The number of fused-ring (bicyclic) bond motifs is 1. The zero-order chi connectivity index (χ0) is 13.5. The predicted octanol–water partition coefficient (Wildman–Crippen LogP) is 3.67. The summed E-state index contributed by atoms with van der Waals surface area (Å²) in [4.78, 5) is 4.14. The van der Waals surface area contributed by atoms with Crippen molar-refractivity contribution in [3.63, 3.8) is 0 Å². The normalized spacial score (nSPS) is 18.6. The van der Waals surface area contributed by atoms with Gasteiger partial charge in [0.15, 0.2) is 0 Å². The molecule has 0 radical (unpaired) electrons. The summed E-state index contributed by atoms with van der Waals surface area (Å²) in [5.74, 6) is 2.81. The van der Waals surface area contributed by atoms with Crippen LogP contribution in [0.15, 0.2) is 30.6 Å². The second kappa shape index (κ2) is 4.65. The van der Waals surface area contributed by atoms with Gasteiger partial charge >= 0.3 is 0 Å². The van der Waals surface area contributed by atoms with E-state index in [9.17, 15) is 0 Å². The third-order valence-corrected chi connectivity index (χ3v) is 4.85. The average Bonchev–Trinajstić information content (AvgIpc) is 3.36. The molecule has 3 heteroatoms. The van der Waals surface area contributed by atoms with Crippen molar-refractivity contribution in [3.05, 3.63) is 30.6 Å². The fourth-order valence-electron chi connectivity index (χ4n) is 3.34. The van der Waals surface area contributed by atoms with Crippen molar-refractivity contribution in [2.45, 2.75) is 25.7 Å². The van der Waals surface area contributed by atoms with Crippen LogP contribution in [0.2, 0.25) is 0 Å². The van der Waals surface area contributed by atoms with Gasteiger partial charge in [-0.25, -0.2) is 0 Å². The van der Waals surface area contributed by atoms with Crippen LogP contribution in [0.5, 0.6) is 0 Å². The highest BCUT2D eigenvalue weighted by Gasteiger charge is 2.41. The highest BCUT2D eigenvalue weighted by Crippen LogP contribution is 2.49. The lowest BCUT2D eigenvalue weighted by Gasteiger charge is -2.18. The molecule has 2 aliphatic rings. The van der Waals surface area contributed by atoms with Crippen molar-refractivity contribution in [2.24, 2.45) is 17.8 Å². The summed E-state index contributed by atoms with van der Waals surface area (Å²) < 4.78 is 0. The zero-order valence-electron chi connectivity index (χ0n) is 11.7. The molecule has 3 nitrogen and oxygen atoms in total. The minimum absolute atomic E-state index is 0.857. The van der Waals surface area contributed by atoms with Crippen LogP contribution in [0.4, 0.5) is 11.4 Å². The number of nitrogens with two attached hydrogens (primary N) is 1. The van der Waals surface area contributed by atoms with E-state index in [2.05, 4.69) is 22.4 Å². The molecule has 2 fully saturated rings. The molecule has 0 aliphatic heterocycles. The van der Waals surface area contributed by atoms with Crippen LogP contribution in [0.25, 0.3) is 10.8 Å². The van der Waals surface area contributed by atoms with Gasteiger partial charge in [0.2, 0.25) is 0 Å². The Labute approximate surface area is 119 Å². The number of nitrogen functional groups attached to an aromatic ring is 1. The van der Waals surface area contributed by atoms with E-state index in [4.69, 9.17) is 5.73 Å². The van der Waals surface area contributed by atoms with Crippen LogP contribution in [-0.2, 0) is 0 Å². The van der Waals surface area contributed by atoms with Crippen molar-refractivity contribution in [1.82, 2.24) is 4.98 Å². The van der Waals surface area contributed by atoms with Gasteiger partial charge in [0, 0.05) is 29.7 Å². The molecule has 1 aromatic carbocycles. The number of nitrogens with one attached hydrogen (secondary N) is 1. The smallest absolute Gasteiger partial charge is 0.0630 e. The Morgan fingerprint density at radius 2 is 1.90 bits per heavy atom. The molecule has 1 aromatic heterocycles. The molecule has 2 aliphatic carbocycles. The first-order valence-corrected chi connectivity index (χ1v) is 7.69. The third-order valence-electron chi connectivity index (χ3n) is 4.85. The fraction of sp³-hybridized carbons (Fsp3) is 0.471. The Balaban J connectivity index is 1.54. The Hall–Kier alpha value is -1.77. The number of nitrogens with zero attached hydrogens (tertiary/aromatic N) is 1. The summed E-state index contributed by atoms with van der Waals surface area (Å²) in [5, 5.41) is 5.81. The van der Waals surface area contributed by atoms with Crippen molar-refractivity contribution in [1.29, 1.82) is 0 Å². The Morgan fingerprint density at radius 1 is 1.15 bits per heavy atom. The molecule has 1 heterocycles. The number of rotatable bonds is 5. The highest BCUT2D eigenvalue weighted by molar-refractivity contribution is 5.98. The Kier molecular flexibility index (Phi) is 2.79. The number of benzene rings is 1. The molecule has 2 saturated carbocycles. The maximum absolute atomic E-state index is 6.30. The Morgan fingerprint density at radius 3 is 2.60 bits per heavy atom. The van der Waals surface area contributed by atoms with Crippen molar-refractivity contribution in [2.75, 3.05) is 17.6 Å². The maximum atomic E-state index is 6.30. The second-order valence-electron chi connectivity index (χ2n) is 6.34. The van der Waals surface area contributed by atoms with Crippen molar-refractivity contribution < 1.29 is 0 Å².